The molecular formula is C23H24FNO7. The van der Waals surface area contributed by atoms with E-state index in [1.165, 1.54) is 31.3 Å². The molecule has 2 N–H and O–H groups in total. The topological polar surface area (TPSA) is 106 Å². The first kappa shape index (κ1) is 23.2. The SMILES string of the molecule is COc1ccc(C2/C(=C(\O)c3ccc(F)cc3)C(=O)C(=O)N2CCOCCO)cc1OC. The van der Waals surface area contributed by atoms with Crippen LogP contribution in [0.1, 0.15) is 17.2 Å². The van der Waals surface area contributed by atoms with Gasteiger partial charge in [-0.05, 0) is 42.0 Å². The second-order valence-electron chi connectivity index (χ2n) is 6.95. The minimum atomic E-state index is -0.933. The fraction of sp³-hybridized carbons (Fsp3) is 0.304. The van der Waals surface area contributed by atoms with E-state index in [0.29, 0.717) is 17.1 Å². The Morgan fingerprint density at radius 1 is 1.03 bits per heavy atom. The van der Waals surface area contributed by atoms with Gasteiger partial charge in [0.25, 0.3) is 11.7 Å². The maximum Gasteiger partial charge on any atom is 0.295 e. The molecule has 0 radical (unpaired) electrons. The number of carbonyl (C=O) groups is 2. The Balaban J connectivity index is 2.11. The number of ketones is 1. The highest BCUT2D eigenvalue weighted by Crippen LogP contribution is 2.41. The average Bonchev–Trinajstić information content (AvgIpc) is 3.06. The number of hydrogen-bond acceptors (Lipinski definition) is 7. The number of aliphatic hydroxyl groups excluding tert-OH is 2. The van der Waals surface area contributed by atoms with E-state index in [-0.39, 0.29) is 37.5 Å². The fourth-order valence-electron chi connectivity index (χ4n) is 3.57. The number of ether oxygens (including phenoxy) is 3. The smallest absolute Gasteiger partial charge is 0.295 e. The van der Waals surface area contributed by atoms with Crippen LogP contribution in [0.5, 0.6) is 11.5 Å². The van der Waals surface area contributed by atoms with Gasteiger partial charge >= 0.3 is 0 Å². The van der Waals surface area contributed by atoms with E-state index in [1.54, 1.807) is 18.2 Å². The largest absolute Gasteiger partial charge is 0.507 e. The number of rotatable bonds is 9. The molecule has 0 spiro atoms. The van der Waals surface area contributed by atoms with Crippen molar-refractivity contribution < 1.29 is 38.4 Å². The van der Waals surface area contributed by atoms with Crippen molar-refractivity contribution in [2.24, 2.45) is 0 Å². The van der Waals surface area contributed by atoms with Crippen molar-refractivity contribution in [3.8, 4) is 11.5 Å². The van der Waals surface area contributed by atoms with E-state index in [1.807, 2.05) is 0 Å². The van der Waals surface area contributed by atoms with Crippen LogP contribution in [-0.4, -0.2) is 67.4 Å². The Morgan fingerprint density at radius 3 is 2.34 bits per heavy atom. The van der Waals surface area contributed by atoms with Crippen LogP contribution in [0.4, 0.5) is 4.39 Å². The van der Waals surface area contributed by atoms with Crippen LogP contribution in [0.15, 0.2) is 48.0 Å². The number of likely N-dealkylation sites (tertiary alicyclic amines) is 1. The van der Waals surface area contributed by atoms with Gasteiger partial charge in [-0.3, -0.25) is 9.59 Å². The summed E-state index contributed by atoms with van der Waals surface area (Å²) in [5, 5.41) is 19.8. The van der Waals surface area contributed by atoms with E-state index in [2.05, 4.69) is 0 Å². The first-order valence-electron chi connectivity index (χ1n) is 9.87. The molecule has 1 aliphatic rings. The number of halogens is 1. The lowest BCUT2D eigenvalue weighted by atomic mass is 9.95. The lowest BCUT2D eigenvalue weighted by molar-refractivity contribution is -0.140. The molecule has 0 saturated carbocycles. The number of nitrogens with zero attached hydrogens (tertiary/aromatic N) is 1. The van der Waals surface area contributed by atoms with E-state index in [0.717, 1.165) is 12.1 Å². The Labute approximate surface area is 184 Å². The summed E-state index contributed by atoms with van der Waals surface area (Å²) >= 11 is 0. The molecule has 0 bridgehead atoms. The molecule has 1 unspecified atom stereocenters. The Kier molecular flexibility index (Phi) is 7.45. The molecule has 170 valence electrons. The molecule has 2 aromatic rings. The van der Waals surface area contributed by atoms with Gasteiger partial charge in [-0.2, -0.15) is 0 Å². The van der Waals surface area contributed by atoms with Crippen molar-refractivity contribution in [2.45, 2.75) is 6.04 Å². The van der Waals surface area contributed by atoms with Gasteiger partial charge in [0, 0.05) is 12.1 Å². The van der Waals surface area contributed by atoms with E-state index in [9.17, 15) is 19.1 Å². The highest BCUT2D eigenvalue weighted by Gasteiger charge is 2.46. The average molecular weight is 445 g/mol. The third-order valence-corrected chi connectivity index (χ3v) is 5.09. The van der Waals surface area contributed by atoms with E-state index < -0.39 is 29.3 Å². The summed E-state index contributed by atoms with van der Waals surface area (Å²) < 4.78 is 29.2. The normalized spacial score (nSPS) is 17.6. The summed E-state index contributed by atoms with van der Waals surface area (Å²) in [7, 11) is 2.94. The predicted octanol–water partition coefficient (Wildman–Crippen LogP) is 2.27. The van der Waals surface area contributed by atoms with Crippen LogP contribution in [0.3, 0.4) is 0 Å². The van der Waals surface area contributed by atoms with Crippen molar-refractivity contribution in [2.75, 3.05) is 40.6 Å². The first-order chi connectivity index (χ1) is 15.4. The minimum absolute atomic E-state index is 0.0454. The monoisotopic (exact) mass is 445 g/mol. The number of Topliss-reactive ketones (excluding diaryl/α,β-unsaturated/α-hetero) is 1. The van der Waals surface area contributed by atoms with E-state index in [4.69, 9.17) is 19.3 Å². The van der Waals surface area contributed by atoms with Crippen molar-refractivity contribution in [1.29, 1.82) is 0 Å². The minimum Gasteiger partial charge on any atom is -0.507 e. The van der Waals surface area contributed by atoms with Crippen LogP contribution < -0.4 is 9.47 Å². The van der Waals surface area contributed by atoms with Crippen LogP contribution in [0, 0.1) is 5.82 Å². The predicted molar refractivity (Wildman–Crippen MR) is 113 cm³/mol. The summed E-state index contributed by atoms with van der Waals surface area (Å²) in [6.07, 6.45) is 0. The highest BCUT2D eigenvalue weighted by atomic mass is 19.1. The first-order valence-corrected chi connectivity index (χ1v) is 9.87. The molecule has 1 amide bonds. The second-order valence-corrected chi connectivity index (χ2v) is 6.95. The highest BCUT2D eigenvalue weighted by molar-refractivity contribution is 6.46. The Hall–Kier alpha value is -3.43. The van der Waals surface area contributed by atoms with Gasteiger partial charge in [0.1, 0.15) is 11.6 Å². The van der Waals surface area contributed by atoms with Crippen molar-refractivity contribution in [3.05, 3.63) is 65.0 Å². The summed E-state index contributed by atoms with van der Waals surface area (Å²) in [6, 6.07) is 8.94. The molecule has 9 heteroatoms. The number of aliphatic hydroxyl groups is 2. The van der Waals surface area contributed by atoms with Crippen LogP contribution >= 0.6 is 0 Å². The molecule has 3 rings (SSSR count). The zero-order valence-corrected chi connectivity index (χ0v) is 17.7. The molecule has 32 heavy (non-hydrogen) atoms. The van der Waals surface area contributed by atoms with Crippen LogP contribution in [-0.2, 0) is 14.3 Å². The second kappa shape index (κ2) is 10.3. The van der Waals surface area contributed by atoms with Gasteiger partial charge in [0.05, 0.1) is 45.7 Å². The Morgan fingerprint density at radius 2 is 1.72 bits per heavy atom. The van der Waals surface area contributed by atoms with Crippen molar-refractivity contribution in [3.63, 3.8) is 0 Å². The summed E-state index contributed by atoms with van der Waals surface area (Å²) in [6.45, 7) is 0.0285. The van der Waals surface area contributed by atoms with Gasteiger partial charge in [-0.1, -0.05) is 6.07 Å². The molecule has 8 nitrogen and oxygen atoms in total. The number of methoxy groups -OCH3 is 2. The van der Waals surface area contributed by atoms with E-state index >= 15 is 0 Å². The molecule has 1 aliphatic heterocycles. The maximum absolute atomic E-state index is 13.3. The van der Waals surface area contributed by atoms with Gasteiger partial charge in [0.15, 0.2) is 11.5 Å². The third-order valence-electron chi connectivity index (χ3n) is 5.09. The molecule has 1 saturated heterocycles. The molecular weight excluding hydrogens is 421 g/mol. The molecule has 0 aliphatic carbocycles. The quantitative estimate of drug-likeness (QED) is 0.264. The lowest BCUT2D eigenvalue weighted by Gasteiger charge is -2.26. The lowest BCUT2D eigenvalue weighted by Crippen LogP contribution is -2.33. The standard InChI is InChI=1S/C23H24FNO7/c1-30-17-8-5-15(13-18(17)31-2)20-19(21(27)14-3-6-16(24)7-4-14)22(28)23(29)25(20)9-11-32-12-10-26/h3-8,13,20,26-27H,9-12H2,1-2H3/b21-19+. The fourth-order valence-corrected chi connectivity index (χ4v) is 3.57. The van der Waals surface area contributed by atoms with Gasteiger partial charge in [-0.25, -0.2) is 4.39 Å². The van der Waals surface area contributed by atoms with Crippen LogP contribution in [0.2, 0.25) is 0 Å². The number of hydrogen-bond donors (Lipinski definition) is 2. The van der Waals surface area contributed by atoms with Gasteiger partial charge in [0.2, 0.25) is 0 Å². The molecule has 1 heterocycles. The summed E-state index contributed by atoms with van der Waals surface area (Å²) in [5.41, 5.74) is 0.579. The molecule has 1 fully saturated rings. The molecule has 1 atom stereocenters. The summed E-state index contributed by atoms with van der Waals surface area (Å²) in [5.74, 6) is -1.75. The van der Waals surface area contributed by atoms with Gasteiger partial charge in [-0.15, -0.1) is 0 Å². The number of carbonyl (C=O) groups excluding carboxylic acids is 2. The molecule has 0 aromatic heterocycles. The zero-order chi connectivity index (χ0) is 23.3. The zero-order valence-electron chi connectivity index (χ0n) is 17.7. The van der Waals surface area contributed by atoms with Crippen LogP contribution in [0.25, 0.3) is 5.76 Å². The van der Waals surface area contributed by atoms with Gasteiger partial charge < -0.3 is 29.3 Å². The van der Waals surface area contributed by atoms with Crippen molar-refractivity contribution in [1.82, 2.24) is 4.90 Å². The number of benzene rings is 2. The van der Waals surface area contributed by atoms with Crippen molar-refractivity contribution >= 4 is 17.4 Å². The third kappa shape index (κ3) is 4.58. The molecule has 2 aromatic carbocycles. The Bertz CT molecular complexity index is 1020. The number of amides is 1. The summed E-state index contributed by atoms with van der Waals surface area (Å²) in [4.78, 5) is 27.1. The maximum atomic E-state index is 13.3.